The van der Waals surface area contributed by atoms with Crippen LogP contribution in [0.2, 0.25) is 5.15 Å². The van der Waals surface area contributed by atoms with Gasteiger partial charge in [0.1, 0.15) is 5.15 Å². The maximum Gasteiger partial charge on any atom is 0.265 e. The lowest BCUT2D eigenvalue weighted by molar-refractivity contribution is -0.133. The van der Waals surface area contributed by atoms with Crippen molar-refractivity contribution in [2.45, 2.75) is 13.3 Å². The number of aryl methyl sites for hydroxylation is 2. The van der Waals surface area contributed by atoms with Crippen LogP contribution in [0.3, 0.4) is 0 Å². The topological polar surface area (TPSA) is 77.2 Å². The highest BCUT2D eigenvalue weighted by molar-refractivity contribution is 7.80. The second kappa shape index (κ2) is 8.42. The number of anilines is 1. The second-order valence-corrected chi connectivity index (χ2v) is 7.05. The first-order valence-electron chi connectivity index (χ1n) is 8.68. The zero-order valence-corrected chi connectivity index (χ0v) is 17.1. The summed E-state index contributed by atoms with van der Waals surface area (Å²) in [5.74, 6) is -0.188. The van der Waals surface area contributed by atoms with Gasteiger partial charge in [-0.05, 0) is 49.8 Å². The van der Waals surface area contributed by atoms with E-state index in [1.165, 1.54) is 6.08 Å². The van der Waals surface area contributed by atoms with Crippen LogP contribution in [0.1, 0.15) is 23.2 Å². The van der Waals surface area contributed by atoms with Crippen molar-refractivity contribution < 1.29 is 4.79 Å². The Morgan fingerprint density at radius 3 is 2.82 bits per heavy atom. The Labute approximate surface area is 173 Å². The molecule has 1 N–H and O–H groups in total. The molecular formula is C19H19ClN6OS. The van der Waals surface area contributed by atoms with Crippen molar-refractivity contribution in [2.24, 2.45) is 7.05 Å². The maximum atomic E-state index is 12.7. The van der Waals surface area contributed by atoms with E-state index in [0.29, 0.717) is 34.6 Å². The largest absolute Gasteiger partial charge is 0.331 e. The van der Waals surface area contributed by atoms with E-state index in [2.05, 4.69) is 16.5 Å². The Balaban J connectivity index is 1.71. The number of rotatable bonds is 3. The van der Waals surface area contributed by atoms with Crippen LogP contribution >= 0.6 is 23.8 Å². The number of nitriles is 1. The van der Waals surface area contributed by atoms with Gasteiger partial charge in [-0.15, -0.1) is 0 Å². The minimum Gasteiger partial charge on any atom is -0.331 e. The number of thiocarbonyl (C=S) groups is 1. The Kier molecular flexibility index (Phi) is 5.97. The van der Waals surface area contributed by atoms with Gasteiger partial charge in [-0.25, -0.2) is 5.01 Å². The van der Waals surface area contributed by atoms with Gasteiger partial charge in [0.2, 0.25) is 0 Å². The highest BCUT2D eigenvalue weighted by atomic mass is 35.5. The lowest BCUT2D eigenvalue weighted by Crippen LogP contribution is -2.46. The summed E-state index contributed by atoms with van der Waals surface area (Å²) >= 11 is 11.7. The first-order valence-corrected chi connectivity index (χ1v) is 9.46. The molecule has 0 saturated carbocycles. The molecule has 1 aliphatic rings. The Morgan fingerprint density at radius 2 is 2.14 bits per heavy atom. The van der Waals surface area contributed by atoms with E-state index >= 15 is 0 Å². The molecule has 0 bridgehead atoms. The van der Waals surface area contributed by atoms with Crippen LogP contribution in [0.25, 0.3) is 6.08 Å². The van der Waals surface area contributed by atoms with Gasteiger partial charge >= 0.3 is 0 Å². The van der Waals surface area contributed by atoms with E-state index in [4.69, 9.17) is 29.1 Å². The van der Waals surface area contributed by atoms with E-state index in [0.717, 1.165) is 17.7 Å². The molecular weight excluding hydrogens is 396 g/mol. The van der Waals surface area contributed by atoms with Gasteiger partial charge in [0.15, 0.2) is 5.11 Å². The van der Waals surface area contributed by atoms with Crippen LogP contribution in [-0.2, 0) is 11.8 Å². The van der Waals surface area contributed by atoms with Crippen LogP contribution in [0.15, 0.2) is 30.3 Å². The molecule has 0 unspecified atom stereocenters. The monoisotopic (exact) mass is 414 g/mol. The van der Waals surface area contributed by atoms with Crippen molar-refractivity contribution in [3.05, 3.63) is 52.3 Å². The fraction of sp³-hybridized carbons (Fsp3) is 0.263. The molecule has 2 aromatic rings. The lowest BCUT2D eigenvalue weighted by atomic mass is 10.2. The number of amides is 1. The molecule has 9 heteroatoms. The maximum absolute atomic E-state index is 12.7. The van der Waals surface area contributed by atoms with Gasteiger partial charge in [0.05, 0.1) is 17.3 Å². The van der Waals surface area contributed by atoms with Crippen LogP contribution in [0.5, 0.6) is 0 Å². The average molecular weight is 415 g/mol. The fourth-order valence-corrected chi connectivity index (χ4v) is 3.53. The Morgan fingerprint density at radius 1 is 1.39 bits per heavy atom. The van der Waals surface area contributed by atoms with Crippen LogP contribution < -0.4 is 5.32 Å². The smallest absolute Gasteiger partial charge is 0.265 e. The van der Waals surface area contributed by atoms with Crippen molar-refractivity contribution in [1.82, 2.24) is 19.8 Å². The van der Waals surface area contributed by atoms with E-state index < -0.39 is 0 Å². The predicted octanol–water partition coefficient (Wildman–Crippen LogP) is 3.11. The zero-order chi connectivity index (χ0) is 20.3. The minimum absolute atomic E-state index is 0.188. The minimum atomic E-state index is -0.188. The average Bonchev–Trinajstić information content (AvgIpc) is 3.26. The molecule has 0 atom stereocenters. The van der Waals surface area contributed by atoms with Crippen molar-refractivity contribution in [2.75, 3.05) is 18.4 Å². The molecule has 3 rings (SSSR count). The van der Waals surface area contributed by atoms with Gasteiger partial charge in [0.25, 0.3) is 5.91 Å². The molecule has 144 valence electrons. The van der Waals surface area contributed by atoms with Crippen molar-refractivity contribution in [3.63, 3.8) is 0 Å². The number of aromatic nitrogens is 2. The summed E-state index contributed by atoms with van der Waals surface area (Å²) in [5, 5.41) is 20.6. The molecule has 0 radical (unpaired) electrons. The highest BCUT2D eigenvalue weighted by Gasteiger charge is 2.27. The number of benzene rings is 1. The lowest BCUT2D eigenvalue weighted by Gasteiger charge is -2.29. The summed E-state index contributed by atoms with van der Waals surface area (Å²) in [6.07, 6.45) is 3.97. The normalized spacial score (nSPS) is 13.8. The summed E-state index contributed by atoms with van der Waals surface area (Å²) in [7, 11) is 1.75. The Hall–Kier alpha value is -2.89. The van der Waals surface area contributed by atoms with Crippen LogP contribution in [-0.4, -0.2) is 43.9 Å². The van der Waals surface area contributed by atoms with Crippen molar-refractivity contribution >= 4 is 46.6 Å². The predicted molar refractivity (Wildman–Crippen MR) is 112 cm³/mol. The van der Waals surface area contributed by atoms with E-state index in [1.807, 2.05) is 13.0 Å². The molecule has 0 spiro atoms. The van der Waals surface area contributed by atoms with Crippen molar-refractivity contribution in [1.29, 1.82) is 5.26 Å². The molecule has 7 nitrogen and oxygen atoms in total. The summed E-state index contributed by atoms with van der Waals surface area (Å²) < 4.78 is 1.57. The molecule has 1 saturated heterocycles. The summed E-state index contributed by atoms with van der Waals surface area (Å²) in [6, 6.07) is 9.12. The molecule has 1 fully saturated rings. The second-order valence-electron chi connectivity index (χ2n) is 6.31. The Bertz CT molecular complexity index is 993. The third-order valence-corrected chi connectivity index (χ3v) is 5.11. The quantitative estimate of drug-likeness (QED) is 0.614. The standard InChI is InChI=1S/C19H19ClN6OS/c1-13-16(18(20)24(2)23-13)7-8-17(27)25-9-4-10-26(25)19(28)22-15-6-3-5-14(11-15)12-21/h3,5-8,11H,4,9-10H2,1-2H3,(H,22,28)/b8-7+. The number of nitrogens with one attached hydrogen (secondary N) is 1. The molecule has 1 aromatic heterocycles. The van der Waals surface area contributed by atoms with Crippen LogP contribution in [0, 0.1) is 18.3 Å². The van der Waals surface area contributed by atoms with Gasteiger partial charge in [-0.2, -0.15) is 10.4 Å². The molecule has 1 aromatic carbocycles. The van der Waals surface area contributed by atoms with Crippen LogP contribution in [0.4, 0.5) is 5.69 Å². The van der Waals surface area contributed by atoms with E-state index in [1.54, 1.807) is 46.0 Å². The van der Waals surface area contributed by atoms with Gasteiger partial charge in [-0.3, -0.25) is 14.5 Å². The first kappa shape index (κ1) is 19.9. The number of hydrazine groups is 1. The first-order chi connectivity index (χ1) is 13.4. The van der Waals surface area contributed by atoms with Gasteiger partial charge in [-0.1, -0.05) is 17.7 Å². The third kappa shape index (κ3) is 4.16. The summed E-state index contributed by atoms with van der Waals surface area (Å²) in [5.41, 5.74) is 2.71. The molecule has 28 heavy (non-hydrogen) atoms. The van der Waals surface area contributed by atoms with Gasteiger partial charge < -0.3 is 5.32 Å². The fourth-order valence-electron chi connectivity index (χ4n) is 2.98. The number of carbonyl (C=O) groups excluding carboxylic acids is 1. The number of halogens is 1. The van der Waals surface area contributed by atoms with E-state index in [-0.39, 0.29) is 5.91 Å². The molecule has 1 amide bonds. The molecule has 2 heterocycles. The molecule has 1 aliphatic heterocycles. The number of hydrogen-bond acceptors (Lipinski definition) is 4. The SMILES string of the molecule is Cc1nn(C)c(Cl)c1/C=C/C(=O)N1CCCN1C(=S)Nc1cccc(C#N)c1. The summed E-state index contributed by atoms with van der Waals surface area (Å²) in [4.78, 5) is 12.7. The zero-order valence-electron chi connectivity index (χ0n) is 15.5. The number of hydrogen-bond donors (Lipinski definition) is 1. The van der Waals surface area contributed by atoms with Gasteiger partial charge in [0, 0.05) is 37.5 Å². The number of carbonyl (C=O) groups is 1. The van der Waals surface area contributed by atoms with Crippen molar-refractivity contribution in [3.8, 4) is 6.07 Å². The third-order valence-electron chi connectivity index (χ3n) is 4.35. The molecule has 0 aliphatic carbocycles. The van der Waals surface area contributed by atoms with E-state index in [9.17, 15) is 4.79 Å². The summed E-state index contributed by atoms with van der Waals surface area (Å²) in [6.45, 7) is 3.05. The number of nitrogens with zero attached hydrogens (tertiary/aromatic N) is 5. The highest BCUT2D eigenvalue weighted by Crippen LogP contribution is 2.21.